The average molecular weight is 374 g/mol. The lowest BCUT2D eigenvalue weighted by molar-refractivity contribution is -0.128. The van der Waals surface area contributed by atoms with E-state index in [1.54, 1.807) is 0 Å². The molecule has 2 N–H and O–H groups in total. The summed E-state index contributed by atoms with van der Waals surface area (Å²) in [5.74, 6) is 1.47. The number of carbonyl (C=O) groups excluding carboxylic acids is 1. The standard InChI is InChI=1S/C20H31N5O2/c1-2-21-20(24-15-19(26)25-11-5-6-12-25)23-14-16-9-10-18(22-13-16)27-17-7-3-4-8-17/h9-10,13,17H,2-8,11-12,14-15H2,1H3,(H2,21,23,24). The van der Waals surface area contributed by atoms with Gasteiger partial charge in [0.05, 0.1) is 13.1 Å². The highest BCUT2D eigenvalue weighted by molar-refractivity contribution is 5.86. The number of hydrogen-bond donors (Lipinski definition) is 2. The molecule has 1 aliphatic heterocycles. The second kappa shape index (κ2) is 10.1. The molecule has 1 aromatic heterocycles. The second-order valence-electron chi connectivity index (χ2n) is 7.17. The van der Waals surface area contributed by atoms with Gasteiger partial charge in [0, 0.05) is 31.9 Å². The van der Waals surface area contributed by atoms with Crippen LogP contribution in [-0.4, -0.2) is 54.0 Å². The van der Waals surface area contributed by atoms with Gasteiger partial charge in [-0.2, -0.15) is 0 Å². The van der Waals surface area contributed by atoms with E-state index in [9.17, 15) is 4.79 Å². The van der Waals surface area contributed by atoms with Crippen LogP contribution < -0.4 is 15.4 Å². The number of likely N-dealkylation sites (tertiary alicyclic amines) is 1. The number of guanidine groups is 1. The summed E-state index contributed by atoms with van der Waals surface area (Å²) in [4.78, 5) is 23.0. The number of aliphatic imine (C=N–C) groups is 1. The molecule has 0 spiro atoms. The van der Waals surface area contributed by atoms with Gasteiger partial charge < -0.3 is 20.3 Å². The predicted octanol–water partition coefficient (Wildman–Crippen LogP) is 2.08. The zero-order valence-corrected chi connectivity index (χ0v) is 16.2. The van der Waals surface area contributed by atoms with Gasteiger partial charge in [0.1, 0.15) is 6.10 Å². The van der Waals surface area contributed by atoms with Crippen molar-refractivity contribution in [1.29, 1.82) is 0 Å². The molecule has 0 aromatic carbocycles. The number of pyridine rings is 1. The van der Waals surface area contributed by atoms with E-state index in [1.807, 2.05) is 30.2 Å². The van der Waals surface area contributed by atoms with Crippen molar-refractivity contribution in [2.75, 3.05) is 26.2 Å². The summed E-state index contributed by atoms with van der Waals surface area (Å²) in [7, 11) is 0. The van der Waals surface area contributed by atoms with Crippen molar-refractivity contribution < 1.29 is 9.53 Å². The molecule has 1 aromatic rings. The highest BCUT2D eigenvalue weighted by Gasteiger charge is 2.18. The fourth-order valence-corrected chi connectivity index (χ4v) is 3.50. The van der Waals surface area contributed by atoms with Gasteiger partial charge in [-0.1, -0.05) is 6.07 Å². The molecule has 3 rings (SSSR count). The molecule has 0 atom stereocenters. The molecule has 2 aliphatic rings. The minimum atomic E-state index is 0.133. The number of rotatable bonds is 7. The largest absolute Gasteiger partial charge is 0.474 e. The third-order valence-corrected chi connectivity index (χ3v) is 5.02. The Morgan fingerprint density at radius 2 is 2.00 bits per heavy atom. The first-order valence-electron chi connectivity index (χ1n) is 10.2. The summed E-state index contributed by atoms with van der Waals surface area (Å²) in [5.41, 5.74) is 1.01. The summed E-state index contributed by atoms with van der Waals surface area (Å²) in [6, 6.07) is 3.92. The molecule has 0 unspecified atom stereocenters. The topological polar surface area (TPSA) is 78.9 Å². The first-order valence-corrected chi connectivity index (χ1v) is 10.2. The molecule has 2 heterocycles. The molecule has 7 nitrogen and oxygen atoms in total. The van der Waals surface area contributed by atoms with Crippen molar-refractivity contribution in [3.63, 3.8) is 0 Å². The Hall–Kier alpha value is -2.31. The molecule has 1 amide bonds. The molecular formula is C20H31N5O2. The van der Waals surface area contributed by atoms with Crippen molar-refractivity contribution in [2.45, 2.75) is 58.1 Å². The van der Waals surface area contributed by atoms with Gasteiger partial charge in [-0.3, -0.25) is 4.79 Å². The molecule has 0 radical (unpaired) electrons. The van der Waals surface area contributed by atoms with Gasteiger partial charge in [-0.25, -0.2) is 9.98 Å². The number of nitrogens with zero attached hydrogens (tertiary/aromatic N) is 3. The Kier molecular flexibility index (Phi) is 7.30. The van der Waals surface area contributed by atoms with E-state index < -0.39 is 0 Å². The third-order valence-electron chi connectivity index (χ3n) is 5.02. The molecule has 27 heavy (non-hydrogen) atoms. The molecule has 7 heteroatoms. The van der Waals surface area contributed by atoms with Crippen molar-refractivity contribution in [3.8, 4) is 5.88 Å². The first-order chi connectivity index (χ1) is 13.2. The van der Waals surface area contributed by atoms with Crippen LogP contribution in [0.5, 0.6) is 5.88 Å². The molecule has 1 saturated heterocycles. The Balaban J connectivity index is 1.48. The molecule has 1 aliphatic carbocycles. The van der Waals surface area contributed by atoms with E-state index in [4.69, 9.17) is 4.74 Å². The van der Waals surface area contributed by atoms with Gasteiger partial charge in [0.15, 0.2) is 5.96 Å². The lowest BCUT2D eigenvalue weighted by atomic mass is 10.3. The van der Waals surface area contributed by atoms with E-state index in [1.165, 1.54) is 12.8 Å². The van der Waals surface area contributed by atoms with Gasteiger partial charge in [-0.15, -0.1) is 0 Å². The Labute approximate surface area is 161 Å². The number of ether oxygens (including phenoxy) is 1. The Morgan fingerprint density at radius 3 is 2.67 bits per heavy atom. The van der Waals surface area contributed by atoms with Gasteiger partial charge in [-0.05, 0) is 51.0 Å². The minimum Gasteiger partial charge on any atom is -0.474 e. The summed E-state index contributed by atoms with van der Waals surface area (Å²) in [6.07, 6.45) is 9.09. The predicted molar refractivity (Wildman–Crippen MR) is 106 cm³/mol. The molecule has 148 valence electrons. The van der Waals surface area contributed by atoms with E-state index in [0.717, 1.165) is 50.9 Å². The van der Waals surface area contributed by atoms with Gasteiger partial charge in [0.2, 0.25) is 11.8 Å². The van der Waals surface area contributed by atoms with Crippen molar-refractivity contribution >= 4 is 11.9 Å². The van der Waals surface area contributed by atoms with E-state index in [2.05, 4.69) is 20.6 Å². The van der Waals surface area contributed by atoms with Crippen LogP contribution in [-0.2, 0) is 11.3 Å². The summed E-state index contributed by atoms with van der Waals surface area (Å²) in [5, 5.41) is 6.31. The molecular weight excluding hydrogens is 342 g/mol. The van der Waals surface area contributed by atoms with E-state index >= 15 is 0 Å². The zero-order valence-electron chi connectivity index (χ0n) is 16.2. The van der Waals surface area contributed by atoms with Crippen LogP contribution in [0.1, 0.15) is 51.0 Å². The third kappa shape index (κ3) is 6.12. The van der Waals surface area contributed by atoms with Crippen LogP contribution in [0.3, 0.4) is 0 Å². The maximum absolute atomic E-state index is 12.2. The number of nitrogens with one attached hydrogen (secondary N) is 2. The van der Waals surface area contributed by atoms with Gasteiger partial charge >= 0.3 is 0 Å². The van der Waals surface area contributed by atoms with Crippen molar-refractivity contribution in [2.24, 2.45) is 4.99 Å². The number of carbonyl (C=O) groups is 1. The summed E-state index contributed by atoms with van der Waals surface area (Å²) in [6.45, 7) is 5.28. The number of amides is 1. The highest BCUT2D eigenvalue weighted by atomic mass is 16.5. The molecule has 2 fully saturated rings. The smallest absolute Gasteiger partial charge is 0.241 e. The minimum absolute atomic E-state index is 0.133. The second-order valence-corrected chi connectivity index (χ2v) is 7.17. The lowest BCUT2D eigenvalue weighted by Gasteiger charge is -2.17. The Morgan fingerprint density at radius 1 is 1.22 bits per heavy atom. The zero-order chi connectivity index (χ0) is 18.9. The molecule has 1 saturated carbocycles. The lowest BCUT2D eigenvalue weighted by Crippen LogP contribution is -2.44. The molecule has 0 bridgehead atoms. The SMILES string of the molecule is CCNC(=NCc1ccc(OC2CCCC2)nc1)NCC(=O)N1CCCC1. The Bertz CT molecular complexity index is 620. The average Bonchev–Trinajstić information content (AvgIpc) is 3.39. The summed E-state index contributed by atoms with van der Waals surface area (Å²) >= 11 is 0. The van der Waals surface area contributed by atoms with Crippen molar-refractivity contribution in [3.05, 3.63) is 23.9 Å². The quantitative estimate of drug-likeness (QED) is 0.565. The van der Waals surface area contributed by atoms with Crippen LogP contribution in [0.4, 0.5) is 0 Å². The van der Waals surface area contributed by atoms with Crippen LogP contribution >= 0.6 is 0 Å². The first kappa shape index (κ1) is 19.5. The van der Waals surface area contributed by atoms with Crippen LogP contribution in [0.2, 0.25) is 0 Å². The maximum atomic E-state index is 12.2. The van der Waals surface area contributed by atoms with E-state index in [0.29, 0.717) is 24.5 Å². The van der Waals surface area contributed by atoms with Gasteiger partial charge in [0.25, 0.3) is 0 Å². The van der Waals surface area contributed by atoms with Crippen molar-refractivity contribution in [1.82, 2.24) is 20.5 Å². The van der Waals surface area contributed by atoms with Crippen LogP contribution in [0.15, 0.2) is 23.3 Å². The number of aromatic nitrogens is 1. The number of hydrogen-bond acceptors (Lipinski definition) is 4. The maximum Gasteiger partial charge on any atom is 0.241 e. The van der Waals surface area contributed by atoms with Crippen LogP contribution in [0, 0.1) is 0 Å². The van der Waals surface area contributed by atoms with Crippen LogP contribution in [0.25, 0.3) is 0 Å². The monoisotopic (exact) mass is 373 g/mol. The fraction of sp³-hybridized carbons (Fsp3) is 0.650. The fourth-order valence-electron chi connectivity index (χ4n) is 3.50. The van der Waals surface area contributed by atoms with E-state index in [-0.39, 0.29) is 12.5 Å². The normalized spacial score (nSPS) is 18.0. The highest BCUT2D eigenvalue weighted by Crippen LogP contribution is 2.22. The summed E-state index contributed by atoms with van der Waals surface area (Å²) < 4.78 is 5.89.